The number of rotatable bonds is 6. The lowest BCUT2D eigenvalue weighted by molar-refractivity contribution is 0.0686. The molecule has 0 amide bonds. The summed E-state index contributed by atoms with van der Waals surface area (Å²) in [7, 11) is -2.24. The van der Waals surface area contributed by atoms with Crippen molar-refractivity contribution >= 4 is 16.0 Å². The first-order chi connectivity index (χ1) is 12.3. The molecular weight excluding hydrogens is 354 g/mol. The van der Waals surface area contributed by atoms with E-state index in [0.29, 0.717) is 0 Å². The summed E-state index contributed by atoms with van der Waals surface area (Å²) in [5, 5.41) is 9.07. The van der Waals surface area contributed by atoms with Crippen LogP contribution in [0.5, 0.6) is 0 Å². The number of aromatic carboxylic acids is 1. The molecule has 1 aromatic heterocycles. The summed E-state index contributed by atoms with van der Waals surface area (Å²) in [4.78, 5) is 13.3. The molecule has 140 valence electrons. The third-order valence-electron chi connectivity index (χ3n) is 4.86. The minimum Gasteiger partial charge on any atom is -0.477 e. The highest BCUT2D eigenvalue weighted by Crippen LogP contribution is 2.20. The van der Waals surface area contributed by atoms with Gasteiger partial charge in [-0.25, -0.2) is 17.9 Å². The van der Waals surface area contributed by atoms with Gasteiger partial charge in [0.25, 0.3) is 0 Å². The van der Waals surface area contributed by atoms with Gasteiger partial charge in [-0.3, -0.25) is 4.90 Å². The second-order valence-corrected chi connectivity index (χ2v) is 8.43. The molecule has 3 rings (SSSR count). The second-order valence-electron chi connectivity index (χ2n) is 6.67. The van der Waals surface area contributed by atoms with E-state index in [1.54, 1.807) is 0 Å². The van der Waals surface area contributed by atoms with Gasteiger partial charge in [-0.2, -0.15) is 0 Å². The number of hydrogen-bond acceptors (Lipinski definition) is 4. The maximum Gasteiger partial charge on any atom is 0.352 e. The Hall–Kier alpha value is -2.16. The number of sulfonamides is 1. The van der Waals surface area contributed by atoms with Crippen LogP contribution >= 0.6 is 0 Å². The molecule has 26 heavy (non-hydrogen) atoms. The van der Waals surface area contributed by atoms with Gasteiger partial charge in [-0.1, -0.05) is 24.3 Å². The molecule has 0 bridgehead atoms. The van der Waals surface area contributed by atoms with Gasteiger partial charge in [0.05, 0.1) is 0 Å². The Kier molecular flexibility index (Phi) is 5.17. The molecule has 0 fully saturated rings. The summed E-state index contributed by atoms with van der Waals surface area (Å²) in [6, 6.07) is 9.50. The minimum absolute atomic E-state index is 0.0285. The predicted octanol–water partition coefficient (Wildman–Crippen LogP) is 1.45. The van der Waals surface area contributed by atoms with Gasteiger partial charge < -0.3 is 9.67 Å². The Bertz CT molecular complexity index is 920. The molecule has 2 heterocycles. The molecule has 7 nitrogen and oxygen atoms in total. The fraction of sp³-hybridized carbons (Fsp3) is 0.389. The van der Waals surface area contributed by atoms with Crippen molar-refractivity contribution in [1.82, 2.24) is 14.2 Å². The van der Waals surface area contributed by atoms with E-state index >= 15 is 0 Å². The van der Waals surface area contributed by atoms with Crippen molar-refractivity contribution in [2.75, 3.05) is 13.1 Å². The molecule has 8 heteroatoms. The van der Waals surface area contributed by atoms with E-state index in [9.17, 15) is 13.2 Å². The summed E-state index contributed by atoms with van der Waals surface area (Å²) in [5.41, 5.74) is 2.57. The van der Waals surface area contributed by atoms with Gasteiger partial charge in [0.2, 0.25) is 10.0 Å². The Morgan fingerprint density at radius 3 is 2.65 bits per heavy atom. The van der Waals surface area contributed by atoms with E-state index in [4.69, 9.17) is 5.11 Å². The molecule has 2 aromatic rings. The lowest BCUT2D eigenvalue weighted by atomic mass is 9.99. The highest BCUT2D eigenvalue weighted by molar-refractivity contribution is 7.89. The van der Waals surface area contributed by atoms with Crippen molar-refractivity contribution in [2.45, 2.75) is 30.8 Å². The minimum atomic E-state index is -3.75. The molecule has 1 aromatic carbocycles. The van der Waals surface area contributed by atoms with Gasteiger partial charge in [-0.15, -0.1) is 0 Å². The smallest absolute Gasteiger partial charge is 0.352 e. The zero-order valence-electron chi connectivity index (χ0n) is 14.8. The van der Waals surface area contributed by atoms with Crippen LogP contribution in [0.3, 0.4) is 0 Å². The van der Waals surface area contributed by atoms with E-state index in [-0.39, 0.29) is 23.2 Å². The van der Waals surface area contributed by atoms with E-state index in [1.165, 1.54) is 35.0 Å². The first kappa shape index (κ1) is 18.6. The molecular formula is C18H23N3O4S. The van der Waals surface area contributed by atoms with Crippen molar-refractivity contribution in [3.63, 3.8) is 0 Å². The summed E-state index contributed by atoms with van der Waals surface area (Å²) in [5.74, 6) is -1.16. The van der Waals surface area contributed by atoms with Crippen LogP contribution in [-0.4, -0.2) is 48.1 Å². The van der Waals surface area contributed by atoms with Crippen LogP contribution < -0.4 is 4.72 Å². The monoisotopic (exact) mass is 377 g/mol. The van der Waals surface area contributed by atoms with E-state index in [1.807, 2.05) is 19.1 Å². The molecule has 0 aliphatic carbocycles. The molecule has 1 atom stereocenters. The fourth-order valence-corrected chi connectivity index (χ4v) is 4.42. The Morgan fingerprint density at radius 2 is 2.00 bits per heavy atom. The van der Waals surface area contributed by atoms with Crippen LogP contribution in [0.15, 0.2) is 41.4 Å². The van der Waals surface area contributed by atoms with Crippen LogP contribution in [0.2, 0.25) is 0 Å². The van der Waals surface area contributed by atoms with Crippen molar-refractivity contribution in [3.05, 3.63) is 53.3 Å². The number of carbonyl (C=O) groups is 1. The first-order valence-corrected chi connectivity index (χ1v) is 9.96. The van der Waals surface area contributed by atoms with E-state index in [2.05, 4.69) is 21.8 Å². The van der Waals surface area contributed by atoms with Crippen molar-refractivity contribution in [1.29, 1.82) is 0 Å². The highest BCUT2D eigenvalue weighted by Gasteiger charge is 2.24. The highest BCUT2D eigenvalue weighted by atomic mass is 32.2. The lowest BCUT2D eigenvalue weighted by Crippen LogP contribution is -2.44. The van der Waals surface area contributed by atoms with Crippen LogP contribution in [0, 0.1) is 0 Å². The third-order valence-corrected chi connectivity index (χ3v) is 6.25. The Labute approximate surface area is 153 Å². The van der Waals surface area contributed by atoms with Crippen molar-refractivity contribution < 1.29 is 18.3 Å². The summed E-state index contributed by atoms with van der Waals surface area (Å²) < 4.78 is 28.8. The summed E-state index contributed by atoms with van der Waals surface area (Å²) >= 11 is 0. The number of benzene rings is 1. The Balaban J connectivity index is 1.65. The van der Waals surface area contributed by atoms with Gasteiger partial charge >= 0.3 is 5.97 Å². The largest absolute Gasteiger partial charge is 0.477 e. The standard InChI is InChI=1S/C18H23N3O4S/c1-13(21-8-7-14-5-3-4-6-15(14)11-21)10-19-26(24,25)16-9-17(18(22)23)20(2)12-16/h3-6,9,12-13,19H,7-8,10-11H2,1-2H3,(H,22,23). The van der Waals surface area contributed by atoms with Crippen LogP contribution in [0.4, 0.5) is 0 Å². The molecule has 0 radical (unpaired) electrons. The SMILES string of the molecule is CC(CNS(=O)(=O)c1cc(C(=O)O)n(C)c1)N1CCc2ccccc2C1. The Morgan fingerprint density at radius 1 is 1.31 bits per heavy atom. The maximum absolute atomic E-state index is 12.5. The molecule has 1 aliphatic heterocycles. The zero-order valence-corrected chi connectivity index (χ0v) is 15.7. The number of nitrogens with zero attached hydrogens (tertiary/aromatic N) is 2. The first-order valence-electron chi connectivity index (χ1n) is 8.48. The van der Waals surface area contributed by atoms with Crippen molar-refractivity contribution in [3.8, 4) is 0 Å². The summed E-state index contributed by atoms with van der Waals surface area (Å²) in [6.07, 6.45) is 2.27. The maximum atomic E-state index is 12.5. The zero-order chi connectivity index (χ0) is 18.9. The van der Waals surface area contributed by atoms with Gasteiger partial charge in [0.1, 0.15) is 10.6 Å². The van der Waals surface area contributed by atoms with Gasteiger partial charge in [-0.05, 0) is 30.5 Å². The number of fused-ring (bicyclic) bond motifs is 1. The van der Waals surface area contributed by atoms with Crippen LogP contribution in [0.25, 0.3) is 0 Å². The number of aryl methyl sites for hydroxylation is 1. The van der Waals surface area contributed by atoms with Crippen LogP contribution in [0.1, 0.15) is 28.5 Å². The number of aromatic nitrogens is 1. The average molecular weight is 377 g/mol. The predicted molar refractivity (Wildman–Crippen MR) is 97.6 cm³/mol. The quantitative estimate of drug-likeness (QED) is 0.795. The molecule has 1 unspecified atom stereocenters. The fourth-order valence-electron chi connectivity index (χ4n) is 3.23. The average Bonchev–Trinajstić information content (AvgIpc) is 3.02. The molecule has 0 spiro atoms. The van der Waals surface area contributed by atoms with Gasteiger partial charge in [0, 0.05) is 38.9 Å². The number of carboxylic acid groups (broad SMARTS) is 1. The topological polar surface area (TPSA) is 91.6 Å². The lowest BCUT2D eigenvalue weighted by Gasteiger charge is -2.33. The molecule has 0 saturated carbocycles. The van der Waals surface area contributed by atoms with Crippen LogP contribution in [-0.2, 0) is 30.0 Å². The molecule has 1 aliphatic rings. The number of nitrogens with one attached hydrogen (secondary N) is 1. The third kappa shape index (κ3) is 3.82. The molecule has 2 N–H and O–H groups in total. The number of hydrogen-bond donors (Lipinski definition) is 2. The van der Waals surface area contributed by atoms with E-state index < -0.39 is 16.0 Å². The second kappa shape index (κ2) is 7.22. The number of carboxylic acids is 1. The van der Waals surface area contributed by atoms with Crippen molar-refractivity contribution in [2.24, 2.45) is 7.05 Å². The normalized spacial score (nSPS) is 16.2. The molecule has 0 saturated heterocycles. The summed E-state index contributed by atoms with van der Waals surface area (Å²) in [6.45, 7) is 3.94. The van der Waals surface area contributed by atoms with Gasteiger partial charge in [0.15, 0.2) is 0 Å². The van der Waals surface area contributed by atoms with E-state index in [0.717, 1.165) is 19.5 Å².